The van der Waals surface area contributed by atoms with Gasteiger partial charge in [0, 0.05) is 16.8 Å². The first-order valence-electron chi connectivity index (χ1n) is 11.3. The number of pyridine rings is 1. The zero-order valence-corrected chi connectivity index (χ0v) is 19.6. The van der Waals surface area contributed by atoms with E-state index in [0.29, 0.717) is 17.2 Å². The highest BCUT2D eigenvalue weighted by molar-refractivity contribution is 6.06. The molecule has 34 heavy (non-hydrogen) atoms. The predicted octanol–water partition coefficient (Wildman–Crippen LogP) is 4.88. The quantitative estimate of drug-likeness (QED) is 0.526. The van der Waals surface area contributed by atoms with Crippen molar-refractivity contribution in [3.8, 4) is 0 Å². The average Bonchev–Trinajstić information content (AvgIpc) is 2.80. The van der Waals surface area contributed by atoms with Crippen LogP contribution in [0, 0.1) is 11.3 Å². The van der Waals surface area contributed by atoms with Crippen LogP contribution in [0.4, 0.5) is 5.69 Å². The fourth-order valence-electron chi connectivity index (χ4n) is 4.46. The van der Waals surface area contributed by atoms with Crippen LogP contribution in [0.1, 0.15) is 59.2 Å². The lowest BCUT2D eigenvalue weighted by Crippen LogP contribution is -2.29. The van der Waals surface area contributed by atoms with E-state index < -0.39 is 24.5 Å². The zero-order valence-electron chi connectivity index (χ0n) is 19.6. The third-order valence-electron chi connectivity index (χ3n) is 6.44. The summed E-state index contributed by atoms with van der Waals surface area (Å²) < 4.78 is 5.45. The highest BCUT2D eigenvalue weighted by Gasteiger charge is 2.33. The molecule has 7 nitrogen and oxygen atoms in total. The minimum absolute atomic E-state index is 0.0978. The molecule has 0 saturated heterocycles. The van der Waals surface area contributed by atoms with Crippen molar-refractivity contribution in [2.45, 2.75) is 40.0 Å². The van der Waals surface area contributed by atoms with E-state index in [1.807, 2.05) is 24.3 Å². The Hall–Kier alpha value is -3.74. The van der Waals surface area contributed by atoms with Gasteiger partial charge in [-0.1, -0.05) is 39.0 Å². The van der Waals surface area contributed by atoms with Crippen molar-refractivity contribution in [1.29, 1.82) is 0 Å². The van der Waals surface area contributed by atoms with Crippen LogP contribution < -0.4 is 5.32 Å². The number of ether oxygens (including phenoxy) is 1. The van der Waals surface area contributed by atoms with Gasteiger partial charge in [-0.05, 0) is 66.5 Å². The van der Waals surface area contributed by atoms with Crippen molar-refractivity contribution in [2.24, 2.45) is 11.3 Å². The molecular formula is C27H28N2O5. The van der Waals surface area contributed by atoms with Gasteiger partial charge in [0.1, 0.15) is 0 Å². The first kappa shape index (κ1) is 23.4. The van der Waals surface area contributed by atoms with E-state index >= 15 is 0 Å². The van der Waals surface area contributed by atoms with Crippen LogP contribution in [-0.4, -0.2) is 34.5 Å². The molecule has 0 saturated carbocycles. The van der Waals surface area contributed by atoms with Crippen LogP contribution in [0.5, 0.6) is 0 Å². The number of para-hydroxylation sites is 1. The molecule has 1 aliphatic carbocycles. The molecule has 1 aromatic heterocycles. The summed E-state index contributed by atoms with van der Waals surface area (Å²) in [5.41, 5.74) is 3.71. The Kier molecular flexibility index (Phi) is 6.37. The molecule has 1 heterocycles. The van der Waals surface area contributed by atoms with E-state index in [9.17, 15) is 14.4 Å². The number of amides is 1. The van der Waals surface area contributed by atoms with Gasteiger partial charge in [-0.25, -0.2) is 9.59 Å². The first-order chi connectivity index (χ1) is 16.1. The Morgan fingerprint density at radius 2 is 1.79 bits per heavy atom. The molecule has 2 aromatic carbocycles. The summed E-state index contributed by atoms with van der Waals surface area (Å²) in [6.07, 6.45) is 2.55. The van der Waals surface area contributed by atoms with Gasteiger partial charge in [0.15, 0.2) is 6.61 Å². The number of carboxylic acids is 1. The molecule has 176 valence electrons. The van der Waals surface area contributed by atoms with Crippen molar-refractivity contribution in [3.05, 3.63) is 70.9 Å². The molecule has 4 rings (SSSR count). The lowest BCUT2D eigenvalue weighted by Gasteiger charge is -2.35. The van der Waals surface area contributed by atoms with Gasteiger partial charge in [0.25, 0.3) is 5.91 Å². The van der Waals surface area contributed by atoms with Crippen molar-refractivity contribution >= 4 is 34.4 Å². The van der Waals surface area contributed by atoms with Crippen molar-refractivity contribution in [1.82, 2.24) is 4.98 Å². The highest BCUT2D eigenvalue weighted by atomic mass is 16.5. The number of esters is 1. The summed E-state index contributed by atoms with van der Waals surface area (Å²) >= 11 is 0. The third-order valence-corrected chi connectivity index (χ3v) is 6.44. The van der Waals surface area contributed by atoms with Crippen LogP contribution in [0.15, 0.2) is 48.5 Å². The molecule has 1 atom stereocenters. The van der Waals surface area contributed by atoms with E-state index in [0.717, 1.165) is 41.4 Å². The first-order valence-corrected chi connectivity index (χ1v) is 11.3. The molecule has 0 bridgehead atoms. The predicted molar refractivity (Wildman–Crippen MR) is 129 cm³/mol. The molecule has 0 aliphatic heterocycles. The normalized spacial score (nSPS) is 15.4. The number of anilines is 1. The molecule has 1 aliphatic rings. The molecule has 7 heteroatoms. The molecule has 0 spiro atoms. The fraction of sp³-hybridized carbons (Fsp3) is 0.333. The van der Waals surface area contributed by atoms with E-state index in [-0.39, 0.29) is 11.0 Å². The monoisotopic (exact) mass is 460 g/mol. The molecule has 0 fully saturated rings. The van der Waals surface area contributed by atoms with Gasteiger partial charge in [0.05, 0.1) is 16.6 Å². The maximum atomic E-state index is 13.3. The average molecular weight is 461 g/mol. The zero-order chi connectivity index (χ0) is 24.5. The maximum Gasteiger partial charge on any atom is 0.339 e. The summed E-state index contributed by atoms with van der Waals surface area (Å²) in [7, 11) is 0. The van der Waals surface area contributed by atoms with Crippen LogP contribution in [-0.2, 0) is 22.4 Å². The smallest absolute Gasteiger partial charge is 0.339 e. The number of fused-ring (bicyclic) bond motifs is 2. The second kappa shape index (κ2) is 9.25. The molecule has 1 unspecified atom stereocenters. The Morgan fingerprint density at radius 1 is 1.09 bits per heavy atom. The van der Waals surface area contributed by atoms with Gasteiger partial charge in [-0.3, -0.25) is 9.78 Å². The summed E-state index contributed by atoms with van der Waals surface area (Å²) in [5, 5.41) is 12.3. The van der Waals surface area contributed by atoms with Crippen LogP contribution in [0.25, 0.3) is 10.9 Å². The van der Waals surface area contributed by atoms with E-state index in [4.69, 9.17) is 14.8 Å². The van der Waals surface area contributed by atoms with Gasteiger partial charge in [0.2, 0.25) is 0 Å². The number of hydrogen-bond acceptors (Lipinski definition) is 5. The van der Waals surface area contributed by atoms with Gasteiger partial charge < -0.3 is 15.2 Å². The lowest BCUT2D eigenvalue weighted by molar-refractivity contribution is -0.119. The Morgan fingerprint density at radius 3 is 2.47 bits per heavy atom. The number of carbonyl (C=O) groups excluding carboxylic acids is 2. The van der Waals surface area contributed by atoms with Gasteiger partial charge in [-0.15, -0.1) is 0 Å². The largest absolute Gasteiger partial charge is 0.478 e. The topological polar surface area (TPSA) is 106 Å². The van der Waals surface area contributed by atoms with Crippen molar-refractivity contribution < 1.29 is 24.2 Å². The number of aromatic carboxylic acids is 1. The Balaban J connectivity index is 1.55. The Bertz CT molecular complexity index is 1260. The summed E-state index contributed by atoms with van der Waals surface area (Å²) in [6, 6.07) is 13.3. The molecule has 2 N–H and O–H groups in total. The lowest BCUT2D eigenvalue weighted by atomic mass is 9.70. The number of aromatic nitrogens is 1. The van der Waals surface area contributed by atoms with Crippen LogP contribution in [0.3, 0.4) is 0 Å². The Labute approximate surface area is 198 Å². The van der Waals surface area contributed by atoms with Gasteiger partial charge in [-0.2, -0.15) is 0 Å². The number of carboxylic acid groups (broad SMARTS) is 1. The number of nitrogens with zero attached hydrogens (tertiary/aromatic N) is 1. The van der Waals surface area contributed by atoms with Gasteiger partial charge >= 0.3 is 11.9 Å². The van der Waals surface area contributed by atoms with Crippen molar-refractivity contribution in [2.75, 3.05) is 11.9 Å². The standard InChI is InChI=1S/C27H28N2O5/c1-27(2,3)17-10-13-22-20(14-17)24(19-6-4-5-7-21(19)29-22)26(33)34-15-23(30)28-18-11-8-16(9-12-18)25(31)32/h4-9,11-12,17H,10,13-15H2,1-3H3,(H,28,30)(H,31,32). The highest BCUT2D eigenvalue weighted by Crippen LogP contribution is 2.39. The van der Waals surface area contributed by atoms with E-state index in [1.54, 1.807) is 0 Å². The molecule has 0 radical (unpaired) electrons. The molecule has 1 amide bonds. The summed E-state index contributed by atoms with van der Waals surface area (Å²) in [6.45, 7) is 6.18. The number of rotatable bonds is 5. The molecular weight excluding hydrogens is 432 g/mol. The number of carbonyl (C=O) groups is 3. The van der Waals surface area contributed by atoms with Crippen LogP contribution in [0.2, 0.25) is 0 Å². The van der Waals surface area contributed by atoms with E-state index in [1.165, 1.54) is 24.3 Å². The fourth-order valence-corrected chi connectivity index (χ4v) is 4.46. The second-order valence-corrected chi connectivity index (χ2v) is 9.74. The van der Waals surface area contributed by atoms with Crippen molar-refractivity contribution in [3.63, 3.8) is 0 Å². The van der Waals surface area contributed by atoms with Crippen LogP contribution >= 0.6 is 0 Å². The SMILES string of the molecule is CC(C)(C)C1CCc2nc3ccccc3c(C(=O)OCC(=O)Nc3ccc(C(=O)O)cc3)c2C1. The number of hydrogen-bond donors (Lipinski definition) is 2. The maximum absolute atomic E-state index is 13.3. The summed E-state index contributed by atoms with van der Waals surface area (Å²) in [4.78, 5) is 41.4. The van der Waals surface area contributed by atoms with E-state index in [2.05, 4.69) is 26.1 Å². The molecule has 3 aromatic rings. The number of aryl methyl sites for hydroxylation is 1. The summed E-state index contributed by atoms with van der Waals surface area (Å²) in [5.74, 6) is -1.68. The number of nitrogens with one attached hydrogen (secondary N) is 1. The number of benzene rings is 2. The second-order valence-electron chi connectivity index (χ2n) is 9.74. The minimum atomic E-state index is -1.05. The minimum Gasteiger partial charge on any atom is -0.478 e. The third kappa shape index (κ3) is 4.93.